The van der Waals surface area contributed by atoms with Crippen LogP contribution < -0.4 is 4.74 Å². The van der Waals surface area contributed by atoms with Crippen LogP contribution in [-0.2, 0) is 0 Å². The molecule has 130 valence electrons. The average Bonchev–Trinajstić information content (AvgIpc) is 2.53. The Balaban J connectivity index is 1.85. The van der Waals surface area contributed by atoms with Crippen LogP contribution in [0.15, 0.2) is 36.4 Å². The molecule has 0 aliphatic rings. The molecule has 0 amide bonds. The van der Waals surface area contributed by atoms with E-state index in [-0.39, 0.29) is 0 Å². The van der Waals surface area contributed by atoms with Gasteiger partial charge in [0.05, 0.1) is 12.2 Å². The van der Waals surface area contributed by atoms with Crippen LogP contribution in [0.5, 0.6) is 5.75 Å². The SMILES string of the molecule is CC(C)CCCC(C)CCOc1ccc2cc(C(=O)O)ccc2c1. The molecule has 0 aliphatic carbocycles. The Kier molecular flexibility index (Phi) is 6.65. The molecule has 1 atom stereocenters. The summed E-state index contributed by atoms with van der Waals surface area (Å²) < 4.78 is 5.87. The van der Waals surface area contributed by atoms with E-state index in [4.69, 9.17) is 9.84 Å². The number of fused-ring (bicyclic) bond motifs is 1. The van der Waals surface area contributed by atoms with Crippen molar-refractivity contribution in [3.8, 4) is 5.75 Å². The van der Waals surface area contributed by atoms with Crippen molar-refractivity contribution in [3.63, 3.8) is 0 Å². The Morgan fingerprint density at radius 3 is 2.42 bits per heavy atom. The Bertz CT molecular complexity index is 676. The first-order chi connectivity index (χ1) is 11.5. The molecule has 2 aromatic carbocycles. The fraction of sp³-hybridized carbons (Fsp3) is 0.476. The molecule has 1 unspecified atom stereocenters. The highest BCUT2D eigenvalue weighted by molar-refractivity contribution is 5.94. The number of hydrogen-bond donors (Lipinski definition) is 1. The van der Waals surface area contributed by atoms with Crippen molar-refractivity contribution in [2.45, 2.75) is 46.5 Å². The van der Waals surface area contributed by atoms with E-state index in [1.165, 1.54) is 19.3 Å². The van der Waals surface area contributed by atoms with E-state index in [2.05, 4.69) is 20.8 Å². The van der Waals surface area contributed by atoms with Gasteiger partial charge < -0.3 is 9.84 Å². The van der Waals surface area contributed by atoms with Gasteiger partial charge in [-0.15, -0.1) is 0 Å². The maximum absolute atomic E-state index is 11.0. The first kappa shape index (κ1) is 18.3. The molecule has 0 heterocycles. The van der Waals surface area contributed by atoms with Crippen LogP contribution in [0.4, 0.5) is 0 Å². The summed E-state index contributed by atoms with van der Waals surface area (Å²) in [7, 11) is 0. The van der Waals surface area contributed by atoms with Crippen LogP contribution in [0.3, 0.4) is 0 Å². The van der Waals surface area contributed by atoms with E-state index >= 15 is 0 Å². The summed E-state index contributed by atoms with van der Waals surface area (Å²) in [5.41, 5.74) is 0.311. The third-order valence-corrected chi connectivity index (χ3v) is 4.42. The van der Waals surface area contributed by atoms with Crippen LogP contribution in [0.2, 0.25) is 0 Å². The van der Waals surface area contributed by atoms with Gasteiger partial charge in [0.25, 0.3) is 0 Å². The predicted molar refractivity (Wildman–Crippen MR) is 98.9 cm³/mol. The molecule has 0 aromatic heterocycles. The van der Waals surface area contributed by atoms with Gasteiger partial charge in [-0.1, -0.05) is 52.2 Å². The number of carbonyl (C=O) groups is 1. The Morgan fingerprint density at radius 1 is 1.00 bits per heavy atom. The van der Waals surface area contributed by atoms with E-state index in [9.17, 15) is 4.79 Å². The van der Waals surface area contributed by atoms with E-state index < -0.39 is 5.97 Å². The molecule has 3 nitrogen and oxygen atoms in total. The summed E-state index contributed by atoms with van der Waals surface area (Å²) in [6.45, 7) is 7.55. The van der Waals surface area contributed by atoms with Crippen LogP contribution >= 0.6 is 0 Å². The number of aromatic carboxylic acids is 1. The van der Waals surface area contributed by atoms with Crippen LogP contribution in [0.25, 0.3) is 10.8 Å². The maximum Gasteiger partial charge on any atom is 0.335 e. The number of carboxylic acids is 1. The van der Waals surface area contributed by atoms with Gasteiger partial charge in [-0.25, -0.2) is 4.79 Å². The normalized spacial score (nSPS) is 12.5. The minimum absolute atomic E-state index is 0.311. The molecule has 0 saturated carbocycles. The molecule has 2 rings (SSSR count). The lowest BCUT2D eigenvalue weighted by Gasteiger charge is -2.13. The topological polar surface area (TPSA) is 46.5 Å². The van der Waals surface area contributed by atoms with Crippen molar-refractivity contribution < 1.29 is 14.6 Å². The van der Waals surface area contributed by atoms with Crippen molar-refractivity contribution in [3.05, 3.63) is 42.0 Å². The molecule has 0 aliphatic heterocycles. The Morgan fingerprint density at radius 2 is 1.71 bits per heavy atom. The molecule has 0 saturated heterocycles. The molecule has 0 radical (unpaired) electrons. The fourth-order valence-corrected chi connectivity index (χ4v) is 2.84. The number of hydrogen-bond acceptors (Lipinski definition) is 2. The summed E-state index contributed by atoms with van der Waals surface area (Å²) in [4.78, 5) is 11.0. The van der Waals surface area contributed by atoms with Crippen molar-refractivity contribution in [1.82, 2.24) is 0 Å². The molecule has 2 aromatic rings. The Hall–Kier alpha value is -2.03. The zero-order chi connectivity index (χ0) is 17.5. The zero-order valence-corrected chi connectivity index (χ0v) is 14.9. The molecular formula is C21H28O3. The zero-order valence-electron chi connectivity index (χ0n) is 14.9. The number of carboxylic acid groups (broad SMARTS) is 1. The van der Waals surface area contributed by atoms with Crippen molar-refractivity contribution in [1.29, 1.82) is 0 Å². The predicted octanol–water partition coefficient (Wildman–Crippen LogP) is 5.77. The van der Waals surface area contributed by atoms with Gasteiger partial charge >= 0.3 is 5.97 Å². The molecule has 3 heteroatoms. The van der Waals surface area contributed by atoms with E-state index in [1.807, 2.05) is 24.3 Å². The van der Waals surface area contributed by atoms with Crippen LogP contribution in [0, 0.1) is 11.8 Å². The summed E-state index contributed by atoms with van der Waals surface area (Å²) in [6, 6.07) is 11.0. The van der Waals surface area contributed by atoms with Gasteiger partial charge in [0.2, 0.25) is 0 Å². The molecule has 0 spiro atoms. The second kappa shape index (κ2) is 8.72. The summed E-state index contributed by atoms with van der Waals surface area (Å²) in [5.74, 6) is 1.42. The molecule has 0 fully saturated rings. The first-order valence-electron chi connectivity index (χ1n) is 8.85. The van der Waals surface area contributed by atoms with E-state index in [0.717, 1.165) is 35.5 Å². The second-order valence-electron chi connectivity index (χ2n) is 7.10. The quantitative estimate of drug-likeness (QED) is 0.635. The van der Waals surface area contributed by atoms with Crippen LogP contribution in [0.1, 0.15) is 56.8 Å². The Labute approximate surface area is 144 Å². The highest BCUT2D eigenvalue weighted by Crippen LogP contribution is 2.23. The average molecular weight is 328 g/mol. The van der Waals surface area contributed by atoms with Crippen molar-refractivity contribution in [2.24, 2.45) is 11.8 Å². The summed E-state index contributed by atoms with van der Waals surface area (Å²) in [5, 5.41) is 11.0. The van der Waals surface area contributed by atoms with Crippen molar-refractivity contribution >= 4 is 16.7 Å². The molecule has 1 N–H and O–H groups in total. The molecule has 24 heavy (non-hydrogen) atoms. The second-order valence-corrected chi connectivity index (χ2v) is 7.10. The van der Waals surface area contributed by atoms with Crippen molar-refractivity contribution in [2.75, 3.05) is 6.61 Å². The molecular weight excluding hydrogens is 300 g/mol. The van der Waals surface area contributed by atoms with Gasteiger partial charge in [0.15, 0.2) is 0 Å². The first-order valence-corrected chi connectivity index (χ1v) is 8.85. The fourth-order valence-electron chi connectivity index (χ4n) is 2.84. The van der Waals surface area contributed by atoms with Crippen LogP contribution in [-0.4, -0.2) is 17.7 Å². The van der Waals surface area contributed by atoms with E-state index in [1.54, 1.807) is 12.1 Å². The molecule has 0 bridgehead atoms. The standard InChI is InChI=1S/C21H28O3/c1-15(2)5-4-6-16(3)11-12-24-20-10-9-17-13-19(21(22)23)8-7-18(17)14-20/h7-10,13-16H,4-6,11-12H2,1-3H3,(H,22,23). The number of ether oxygens (including phenoxy) is 1. The maximum atomic E-state index is 11.0. The third-order valence-electron chi connectivity index (χ3n) is 4.42. The lowest BCUT2D eigenvalue weighted by atomic mass is 9.98. The highest BCUT2D eigenvalue weighted by Gasteiger charge is 2.06. The van der Waals surface area contributed by atoms with Gasteiger partial charge in [0.1, 0.15) is 5.75 Å². The summed E-state index contributed by atoms with van der Waals surface area (Å²) >= 11 is 0. The minimum Gasteiger partial charge on any atom is -0.494 e. The minimum atomic E-state index is -0.899. The third kappa shape index (κ3) is 5.55. The monoisotopic (exact) mass is 328 g/mol. The number of rotatable bonds is 9. The number of benzene rings is 2. The van der Waals surface area contributed by atoms with E-state index in [0.29, 0.717) is 11.5 Å². The lowest BCUT2D eigenvalue weighted by Crippen LogP contribution is -2.05. The largest absolute Gasteiger partial charge is 0.494 e. The highest BCUT2D eigenvalue weighted by atomic mass is 16.5. The van der Waals surface area contributed by atoms with Gasteiger partial charge in [-0.3, -0.25) is 0 Å². The van der Waals surface area contributed by atoms with Gasteiger partial charge in [-0.2, -0.15) is 0 Å². The van der Waals surface area contributed by atoms with Gasteiger partial charge in [0, 0.05) is 0 Å². The summed E-state index contributed by atoms with van der Waals surface area (Å²) in [6.07, 6.45) is 4.92. The van der Waals surface area contributed by atoms with Gasteiger partial charge in [-0.05, 0) is 53.3 Å². The lowest BCUT2D eigenvalue weighted by molar-refractivity contribution is 0.0697. The smallest absolute Gasteiger partial charge is 0.335 e.